The maximum atomic E-state index is 12.0. The van der Waals surface area contributed by atoms with Crippen LogP contribution in [0.15, 0.2) is 36.4 Å². The van der Waals surface area contributed by atoms with Crippen LogP contribution in [0, 0.1) is 0 Å². The highest BCUT2D eigenvalue weighted by molar-refractivity contribution is 7.08. The molecular weight excluding hydrogens is 316 g/mol. The number of esters is 1. The monoisotopic (exact) mass is 334 g/mol. The second-order valence-electron chi connectivity index (χ2n) is 5.38. The molecule has 0 bridgehead atoms. The molecule has 0 aliphatic rings. The minimum Gasteiger partial charge on any atom is -0.465 e. The number of ether oxygens (including phenoxy) is 2. The number of amides is 1. The molecule has 0 saturated carbocycles. The predicted molar refractivity (Wildman–Crippen MR) is 86.2 cm³/mol. The molecule has 0 spiro atoms. The fourth-order valence-electron chi connectivity index (χ4n) is 1.84. The molecule has 0 atom stereocenters. The van der Waals surface area contributed by atoms with Crippen molar-refractivity contribution in [2.75, 3.05) is 7.11 Å². The van der Waals surface area contributed by atoms with E-state index in [1.807, 2.05) is 30.3 Å². The van der Waals surface area contributed by atoms with Crippen molar-refractivity contribution in [2.45, 2.75) is 26.0 Å². The van der Waals surface area contributed by atoms with Gasteiger partial charge in [-0.3, -0.25) is 0 Å². The molecule has 0 unspecified atom stereocenters. The first kappa shape index (κ1) is 17.0. The van der Waals surface area contributed by atoms with Gasteiger partial charge in [0.15, 0.2) is 0 Å². The minimum absolute atomic E-state index is 0.188. The number of benzene rings is 1. The maximum Gasteiger partial charge on any atom is 0.408 e. The summed E-state index contributed by atoms with van der Waals surface area (Å²) in [5.74, 6) is -0.448. The van der Waals surface area contributed by atoms with Crippen LogP contribution in [0.2, 0.25) is 0 Å². The van der Waals surface area contributed by atoms with Crippen molar-refractivity contribution in [1.82, 2.24) is 9.69 Å². The molecule has 122 valence electrons. The first-order chi connectivity index (χ1) is 10.9. The van der Waals surface area contributed by atoms with Gasteiger partial charge >= 0.3 is 12.1 Å². The molecule has 2 aromatic rings. The third-order valence-corrected chi connectivity index (χ3v) is 3.93. The standard InChI is InChI=1S/C16H18N2O4S/c1-16(2,13-9-12(23-18-13)14(19)21-3)17-15(20)22-10-11-7-5-4-6-8-11/h4-9H,10H2,1-3H3,(H,17,20). The van der Waals surface area contributed by atoms with E-state index in [1.54, 1.807) is 19.9 Å². The fourth-order valence-corrected chi connectivity index (χ4v) is 2.64. The van der Waals surface area contributed by atoms with Crippen LogP contribution in [0.1, 0.15) is 34.8 Å². The quantitative estimate of drug-likeness (QED) is 0.850. The van der Waals surface area contributed by atoms with Gasteiger partial charge in [0, 0.05) is 0 Å². The highest BCUT2D eigenvalue weighted by Gasteiger charge is 2.28. The molecule has 0 radical (unpaired) electrons. The Hall–Kier alpha value is -2.41. The molecule has 0 saturated heterocycles. The summed E-state index contributed by atoms with van der Waals surface area (Å²) in [5, 5.41) is 2.74. The Morgan fingerprint density at radius 1 is 1.26 bits per heavy atom. The van der Waals surface area contributed by atoms with E-state index in [9.17, 15) is 9.59 Å². The largest absolute Gasteiger partial charge is 0.465 e. The number of carbonyl (C=O) groups excluding carboxylic acids is 2. The number of nitrogens with one attached hydrogen (secondary N) is 1. The number of hydrogen-bond acceptors (Lipinski definition) is 6. The molecule has 23 heavy (non-hydrogen) atoms. The van der Waals surface area contributed by atoms with Gasteiger partial charge in [-0.1, -0.05) is 30.3 Å². The van der Waals surface area contributed by atoms with Gasteiger partial charge in [0.1, 0.15) is 11.5 Å². The van der Waals surface area contributed by atoms with Crippen molar-refractivity contribution in [2.24, 2.45) is 0 Å². The van der Waals surface area contributed by atoms with Crippen LogP contribution < -0.4 is 5.32 Å². The van der Waals surface area contributed by atoms with Crippen LogP contribution in [0.25, 0.3) is 0 Å². The van der Waals surface area contributed by atoms with E-state index < -0.39 is 17.6 Å². The first-order valence-electron chi connectivity index (χ1n) is 6.97. The third-order valence-electron chi connectivity index (χ3n) is 3.16. The average Bonchev–Trinajstić information content (AvgIpc) is 3.04. The Morgan fingerprint density at radius 3 is 2.61 bits per heavy atom. The second-order valence-corrected chi connectivity index (χ2v) is 6.18. The SMILES string of the molecule is COC(=O)c1cc(C(C)(C)NC(=O)OCc2ccccc2)ns1. The summed E-state index contributed by atoms with van der Waals surface area (Å²) < 4.78 is 14.0. The van der Waals surface area contributed by atoms with Crippen molar-refractivity contribution in [3.05, 3.63) is 52.5 Å². The number of nitrogens with zero attached hydrogens (tertiary/aromatic N) is 1. The van der Waals surface area contributed by atoms with E-state index in [4.69, 9.17) is 4.74 Å². The molecule has 1 heterocycles. The Morgan fingerprint density at radius 2 is 1.96 bits per heavy atom. The Balaban J connectivity index is 1.95. The average molecular weight is 334 g/mol. The summed E-state index contributed by atoms with van der Waals surface area (Å²) in [7, 11) is 1.31. The van der Waals surface area contributed by atoms with E-state index in [2.05, 4.69) is 14.4 Å². The van der Waals surface area contributed by atoms with Gasteiger partial charge in [-0.25, -0.2) is 9.59 Å². The Labute approximate surface area is 138 Å². The molecule has 0 aliphatic carbocycles. The lowest BCUT2D eigenvalue weighted by atomic mass is 10.0. The number of methoxy groups -OCH3 is 1. The van der Waals surface area contributed by atoms with Crippen molar-refractivity contribution >= 4 is 23.6 Å². The van der Waals surface area contributed by atoms with Crippen LogP contribution in [0.4, 0.5) is 4.79 Å². The van der Waals surface area contributed by atoms with Crippen molar-refractivity contribution in [3.63, 3.8) is 0 Å². The normalized spacial score (nSPS) is 10.9. The van der Waals surface area contributed by atoms with Crippen molar-refractivity contribution < 1.29 is 19.1 Å². The van der Waals surface area contributed by atoms with Gasteiger partial charge in [-0.15, -0.1) is 0 Å². The molecule has 6 nitrogen and oxygen atoms in total. The van der Waals surface area contributed by atoms with Gasteiger partial charge in [-0.2, -0.15) is 4.37 Å². The summed E-state index contributed by atoms with van der Waals surface area (Å²) in [6.45, 7) is 3.76. The van der Waals surface area contributed by atoms with E-state index >= 15 is 0 Å². The van der Waals surface area contributed by atoms with E-state index in [1.165, 1.54) is 7.11 Å². The second kappa shape index (κ2) is 7.23. The Kier molecular flexibility index (Phi) is 5.33. The Bertz CT molecular complexity index is 682. The van der Waals surface area contributed by atoms with Crippen LogP contribution >= 0.6 is 11.5 Å². The van der Waals surface area contributed by atoms with E-state index in [-0.39, 0.29) is 6.61 Å². The number of hydrogen-bond donors (Lipinski definition) is 1. The lowest BCUT2D eigenvalue weighted by molar-refractivity contribution is 0.0606. The van der Waals surface area contributed by atoms with Gasteiger partial charge in [-0.05, 0) is 37.0 Å². The topological polar surface area (TPSA) is 77.5 Å². The molecule has 0 fully saturated rings. The zero-order chi connectivity index (χ0) is 16.9. The molecule has 1 N–H and O–H groups in total. The predicted octanol–water partition coefficient (Wildman–Crippen LogP) is 3.09. The summed E-state index contributed by atoms with van der Waals surface area (Å²) in [4.78, 5) is 23.8. The van der Waals surface area contributed by atoms with Gasteiger partial charge in [0.2, 0.25) is 0 Å². The maximum absolute atomic E-state index is 12.0. The highest BCUT2D eigenvalue weighted by Crippen LogP contribution is 2.23. The van der Waals surface area contributed by atoms with Crippen LogP contribution in [0.5, 0.6) is 0 Å². The molecule has 0 aliphatic heterocycles. The lowest BCUT2D eigenvalue weighted by Gasteiger charge is -2.23. The molecule has 1 amide bonds. The van der Waals surface area contributed by atoms with Gasteiger partial charge in [0.25, 0.3) is 0 Å². The summed E-state index contributed by atoms with van der Waals surface area (Å²) >= 11 is 1.03. The van der Waals surface area contributed by atoms with Crippen LogP contribution in [-0.2, 0) is 21.6 Å². The summed E-state index contributed by atoms with van der Waals surface area (Å²) in [6.07, 6.45) is -0.550. The first-order valence-corrected chi connectivity index (χ1v) is 7.74. The molecule has 2 rings (SSSR count). The molecule has 1 aromatic heterocycles. The number of alkyl carbamates (subject to hydrolysis) is 1. The third kappa shape index (κ3) is 4.53. The van der Waals surface area contributed by atoms with Gasteiger partial charge < -0.3 is 14.8 Å². The summed E-state index contributed by atoms with van der Waals surface area (Å²) in [6, 6.07) is 11.0. The highest BCUT2D eigenvalue weighted by atomic mass is 32.1. The van der Waals surface area contributed by atoms with Crippen LogP contribution in [0.3, 0.4) is 0 Å². The zero-order valence-electron chi connectivity index (χ0n) is 13.2. The van der Waals surface area contributed by atoms with E-state index in [0.717, 1.165) is 17.1 Å². The molecule has 1 aromatic carbocycles. The zero-order valence-corrected chi connectivity index (χ0v) is 14.0. The van der Waals surface area contributed by atoms with Crippen LogP contribution in [-0.4, -0.2) is 23.5 Å². The molecule has 7 heteroatoms. The van der Waals surface area contributed by atoms with Crippen molar-refractivity contribution in [1.29, 1.82) is 0 Å². The fraction of sp³-hybridized carbons (Fsp3) is 0.312. The van der Waals surface area contributed by atoms with Crippen molar-refractivity contribution in [3.8, 4) is 0 Å². The van der Waals surface area contributed by atoms with E-state index in [0.29, 0.717) is 10.6 Å². The number of rotatable bonds is 5. The number of carbonyl (C=O) groups is 2. The molecular formula is C16H18N2O4S. The minimum atomic E-state index is -0.767. The number of aromatic nitrogens is 1. The van der Waals surface area contributed by atoms with Gasteiger partial charge in [0.05, 0.1) is 18.3 Å². The summed E-state index contributed by atoms with van der Waals surface area (Å²) in [5.41, 5.74) is 0.706. The lowest BCUT2D eigenvalue weighted by Crippen LogP contribution is -2.41. The smallest absolute Gasteiger partial charge is 0.408 e.